The molecule has 0 fully saturated rings. The van der Waals surface area contributed by atoms with Gasteiger partial charge in [0.2, 0.25) is 6.79 Å². The zero-order chi connectivity index (χ0) is 15.0. The van der Waals surface area contributed by atoms with Gasteiger partial charge in [0.15, 0.2) is 19.8 Å². The third-order valence-electron chi connectivity index (χ3n) is 4.11. The third kappa shape index (κ3) is 2.81. The van der Waals surface area contributed by atoms with Crippen LogP contribution >= 0.6 is 0 Å². The lowest BCUT2D eigenvalue weighted by Crippen LogP contribution is -2.40. The Bertz CT molecular complexity index is 555. The van der Waals surface area contributed by atoms with Crippen LogP contribution in [0.4, 0.5) is 0 Å². The fourth-order valence-corrected chi connectivity index (χ4v) is 2.63. The van der Waals surface area contributed by atoms with Crippen molar-refractivity contribution in [2.45, 2.75) is 45.5 Å². The first-order valence-electron chi connectivity index (χ1n) is 6.71. The summed E-state index contributed by atoms with van der Waals surface area (Å²) in [7, 11) is -1.83. The molecule has 0 aromatic heterocycles. The maximum atomic E-state index is 9.25. The molecule has 1 aromatic carbocycles. The highest BCUT2D eigenvalue weighted by molar-refractivity contribution is 6.74. The molecule has 4 nitrogen and oxygen atoms in total. The summed E-state index contributed by atoms with van der Waals surface area (Å²) in [5.74, 6) is 1.33. The summed E-state index contributed by atoms with van der Waals surface area (Å²) in [6.07, 6.45) is 0. The molecule has 0 N–H and O–H groups in total. The normalized spacial score (nSPS) is 14.2. The van der Waals surface area contributed by atoms with Crippen molar-refractivity contribution in [2.24, 2.45) is 0 Å². The lowest BCUT2D eigenvalue weighted by molar-refractivity contribution is 0.174. The molecule has 2 rings (SSSR count). The Balaban J connectivity index is 2.20. The van der Waals surface area contributed by atoms with E-state index in [2.05, 4.69) is 39.9 Å². The largest absolute Gasteiger partial charge is 0.454 e. The number of benzene rings is 1. The van der Waals surface area contributed by atoms with Gasteiger partial charge in [0.1, 0.15) is 0 Å². The zero-order valence-electron chi connectivity index (χ0n) is 12.7. The van der Waals surface area contributed by atoms with Gasteiger partial charge in [0.25, 0.3) is 0 Å². The van der Waals surface area contributed by atoms with Gasteiger partial charge in [-0.2, -0.15) is 5.26 Å². The number of hydrogen-bond acceptors (Lipinski definition) is 4. The van der Waals surface area contributed by atoms with Crippen molar-refractivity contribution in [3.05, 3.63) is 23.3 Å². The summed E-state index contributed by atoms with van der Waals surface area (Å²) in [6, 6.07) is 5.78. The summed E-state index contributed by atoms with van der Waals surface area (Å²) in [4.78, 5) is 0. The highest BCUT2D eigenvalue weighted by Gasteiger charge is 2.37. The minimum atomic E-state index is -1.83. The minimum absolute atomic E-state index is 0.149. The Kier molecular flexibility index (Phi) is 3.81. The fourth-order valence-electron chi connectivity index (χ4n) is 1.68. The molecule has 0 amide bonds. The second kappa shape index (κ2) is 5.11. The molecule has 1 aliphatic heterocycles. The summed E-state index contributed by atoms with van der Waals surface area (Å²) < 4.78 is 16.8. The van der Waals surface area contributed by atoms with Gasteiger partial charge in [-0.1, -0.05) is 20.8 Å². The van der Waals surface area contributed by atoms with Crippen LogP contribution in [-0.2, 0) is 11.0 Å². The number of rotatable bonds is 3. The summed E-state index contributed by atoms with van der Waals surface area (Å²) in [5.41, 5.74) is 1.45. The van der Waals surface area contributed by atoms with Crippen LogP contribution in [0.2, 0.25) is 18.1 Å². The molecule has 0 aliphatic carbocycles. The molecule has 5 heteroatoms. The van der Waals surface area contributed by atoms with Crippen LogP contribution in [0.1, 0.15) is 31.9 Å². The molecule has 0 saturated carbocycles. The minimum Gasteiger partial charge on any atom is -0.454 e. The van der Waals surface area contributed by atoms with Gasteiger partial charge >= 0.3 is 0 Å². The number of hydrogen-bond donors (Lipinski definition) is 0. The van der Waals surface area contributed by atoms with E-state index < -0.39 is 8.32 Å². The molecule has 1 aliphatic rings. The molecule has 0 unspecified atom stereocenters. The van der Waals surface area contributed by atoms with Crippen molar-refractivity contribution in [3.63, 3.8) is 0 Å². The maximum Gasteiger partial charge on any atom is 0.231 e. The van der Waals surface area contributed by atoms with Crippen molar-refractivity contribution in [1.29, 1.82) is 5.26 Å². The first-order chi connectivity index (χ1) is 9.24. The average molecular weight is 291 g/mol. The predicted molar refractivity (Wildman–Crippen MR) is 79.3 cm³/mol. The third-order valence-corrected chi connectivity index (χ3v) is 8.59. The second-order valence-corrected chi connectivity index (χ2v) is 11.3. The van der Waals surface area contributed by atoms with Crippen molar-refractivity contribution in [3.8, 4) is 17.6 Å². The van der Waals surface area contributed by atoms with Gasteiger partial charge in [-0.3, -0.25) is 0 Å². The van der Waals surface area contributed by atoms with Gasteiger partial charge in [-0.25, -0.2) is 0 Å². The molecule has 1 aromatic rings. The van der Waals surface area contributed by atoms with Crippen LogP contribution in [0.15, 0.2) is 12.1 Å². The van der Waals surface area contributed by atoms with Crippen LogP contribution in [0.25, 0.3) is 0 Å². The fraction of sp³-hybridized carbons (Fsp3) is 0.533. The van der Waals surface area contributed by atoms with E-state index in [1.165, 1.54) is 0 Å². The van der Waals surface area contributed by atoms with Gasteiger partial charge in [-0.15, -0.1) is 0 Å². The van der Waals surface area contributed by atoms with E-state index >= 15 is 0 Å². The molecule has 1 heterocycles. The first kappa shape index (κ1) is 14.9. The molecule has 0 saturated heterocycles. The van der Waals surface area contributed by atoms with E-state index in [-0.39, 0.29) is 11.8 Å². The Morgan fingerprint density at radius 3 is 2.40 bits per heavy atom. The number of ether oxygens (including phenoxy) is 2. The van der Waals surface area contributed by atoms with Crippen LogP contribution in [0, 0.1) is 11.3 Å². The van der Waals surface area contributed by atoms with Crippen molar-refractivity contribution in [1.82, 2.24) is 0 Å². The topological polar surface area (TPSA) is 51.5 Å². The molecule has 108 valence electrons. The van der Waals surface area contributed by atoms with E-state index in [1.807, 2.05) is 6.07 Å². The van der Waals surface area contributed by atoms with Crippen molar-refractivity contribution < 1.29 is 13.9 Å². The van der Waals surface area contributed by atoms with Gasteiger partial charge in [0, 0.05) is 6.07 Å². The Hall–Kier alpha value is -1.51. The van der Waals surface area contributed by atoms with Crippen LogP contribution in [0.3, 0.4) is 0 Å². The van der Waals surface area contributed by atoms with E-state index in [0.29, 0.717) is 23.7 Å². The van der Waals surface area contributed by atoms with Crippen LogP contribution in [-0.4, -0.2) is 15.1 Å². The van der Waals surface area contributed by atoms with E-state index in [9.17, 15) is 5.26 Å². The zero-order valence-corrected chi connectivity index (χ0v) is 13.7. The maximum absolute atomic E-state index is 9.25. The van der Waals surface area contributed by atoms with Gasteiger partial charge in [-0.05, 0) is 29.8 Å². The Labute approximate surface area is 121 Å². The summed E-state index contributed by atoms with van der Waals surface area (Å²) >= 11 is 0. The van der Waals surface area contributed by atoms with Crippen molar-refractivity contribution in [2.75, 3.05) is 6.79 Å². The number of fused-ring (bicyclic) bond motifs is 1. The highest BCUT2D eigenvalue weighted by atomic mass is 28.4. The van der Waals surface area contributed by atoms with E-state index in [4.69, 9.17) is 13.9 Å². The second-order valence-electron chi connectivity index (χ2n) is 6.52. The molecule has 0 spiro atoms. The summed E-state index contributed by atoms with van der Waals surface area (Å²) in [6.45, 7) is 11.7. The first-order valence-corrected chi connectivity index (χ1v) is 9.62. The SMILES string of the molecule is CC(C)(C)[Si](C)(C)OCc1cc2c(cc1C#N)OCO2. The van der Waals surface area contributed by atoms with Crippen LogP contribution < -0.4 is 9.47 Å². The predicted octanol–water partition coefficient (Wildman–Crippen LogP) is 3.81. The lowest BCUT2D eigenvalue weighted by atomic mass is 10.1. The Morgan fingerprint density at radius 2 is 1.85 bits per heavy atom. The molecular weight excluding hydrogens is 270 g/mol. The monoisotopic (exact) mass is 291 g/mol. The standard InChI is InChI=1S/C15H21NO3Si/c1-15(2,3)20(4,5)19-9-12-7-14-13(17-10-18-14)6-11(12)8-16/h6-7H,9-10H2,1-5H3. The smallest absolute Gasteiger partial charge is 0.231 e. The molecule has 20 heavy (non-hydrogen) atoms. The molecule has 0 bridgehead atoms. The van der Waals surface area contributed by atoms with Gasteiger partial charge in [0.05, 0.1) is 18.2 Å². The summed E-state index contributed by atoms with van der Waals surface area (Å²) in [5, 5.41) is 9.40. The van der Waals surface area contributed by atoms with Crippen molar-refractivity contribution >= 4 is 8.32 Å². The molecule has 0 atom stereocenters. The highest BCUT2D eigenvalue weighted by Crippen LogP contribution is 2.39. The van der Waals surface area contributed by atoms with Crippen LogP contribution in [0.5, 0.6) is 11.5 Å². The molecular formula is C15H21NO3Si. The number of nitriles is 1. The van der Waals surface area contributed by atoms with E-state index in [0.717, 1.165) is 5.56 Å². The average Bonchev–Trinajstić information content (AvgIpc) is 2.80. The van der Waals surface area contributed by atoms with E-state index in [1.54, 1.807) is 6.07 Å². The quantitative estimate of drug-likeness (QED) is 0.795. The Morgan fingerprint density at radius 1 is 1.25 bits per heavy atom. The molecule has 0 radical (unpaired) electrons. The number of nitrogens with zero attached hydrogens (tertiary/aromatic N) is 1. The lowest BCUT2D eigenvalue weighted by Gasteiger charge is -2.36. The van der Waals surface area contributed by atoms with Gasteiger partial charge < -0.3 is 13.9 Å².